The Kier molecular flexibility index (Phi) is 8.62. The highest BCUT2D eigenvalue weighted by molar-refractivity contribution is 9.10. The average molecular weight is 355 g/mol. The number of amides is 1. The Balaban J connectivity index is 2.41. The first-order chi connectivity index (χ1) is 10.1. The molecular weight excluding hydrogens is 328 g/mol. The van der Waals surface area contributed by atoms with E-state index in [9.17, 15) is 4.79 Å². The predicted molar refractivity (Wildman–Crippen MR) is 91.9 cm³/mol. The summed E-state index contributed by atoms with van der Waals surface area (Å²) in [6.45, 7) is 3.57. The minimum absolute atomic E-state index is 0.219. The lowest BCUT2D eigenvalue weighted by atomic mass is 9.94. The third-order valence-corrected chi connectivity index (χ3v) is 4.33. The molecule has 1 unspecified atom stereocenters. The van der Waals surface area contributed by atoms with Crippen LogP contribution in [0.1, 0.15) is 44.6 Å². The second-order valence-corrected chi connectivity index (χ2v) is 6.56. The first kappa shape index (κ1) is 18.2. The van der Waals surface area contributed by atoms with Gasteiger partial charge in [-0.25, -0.2) is 0 Å². The van der Waals surface area contributed by atoms with Crippen molar-refractivity contribution >= 4 is 21.8 Å². The van der Waals surface area contributed by atoms with Gasteiger partial charge in [-0.05, 0) is 43.0 Å². The Morgan fingerprint density at radius 1 is 1.24 bits per heavy atom. The van der Waals surface area contributed by atoms with Crippen LogP contribution >= 0.6 is 15.9 Å². The van der Waals surface area contributed by atoms with Crippen molar-refractivity contribution in [2.75, 3.05) is 13.6 Å². The van der Waals surface area contributed by atoms with E-state index in [0.717, 1.165) is 29.3 Å². The monoisotopic (exact) mass is 354 g/mol. The third kappa shape index (κ3) is 7.09. The summed E-state index contributed by atoms with van der Waals surface area (Å²) in [6, 6.07) is 8.10. The van der Waals surface area contributed by atoms with Gasteiger partial charge < -0.3 is 10.6 Å². The van der Waals surface area contributed by atoms with Gasteiger partial charge in [-0.3, -0.25) is 4.79 Å². The molecule has 1 amide bonds. The zero-order valence-corrected chi connectivity index (χ0v) is 14.7. The van der Waals surface area contributed by atoms with Gasteiger partial charge in [0.15, 0.2) is 0 Å². The van der Waals surface area contributed by atoms with Crippen LogP contribution in [0.25, 0.3) is 0 Å². The largest absolute Gasteiger partial charge is 0.341 e. The minimum Gasteiger partial charge on any atom is -0.341 e. The molecule has 3 nitrogen and oxygen atoms in total. The van der Waals surface area contributed by atoms with Crippen molar-refractivity contribution in [2.45, 2.75) is 45.6 Å². The molecule has 0 radical (unpaired) electrons. The van der Waals surface area contributed by atoms with E-state index < -0.39 is 0 Å². The van der Waals surface area contributed by atoms with Gasteiger partial charge >= 0.3 is 0 Å². The van der Waals surface area contributed by atoms with Crippen molar-refractivity contribution in [3.63, 3.8) is 0 Å². The molecule has 118 valence electrons. The Labute approximate surface area is 137 Å². The van der Waals surface area contributed by atoms with E-state index in [0.29, 0.717) is 25.4 Å². The second kappa shape index (κ2) is 9.96. The molecule has 0 aliphatic rings. The van der Waals surface area contributed by atoms with Crippen molar-refractivity contribution in [3.8, 4) is 0 Å². The van der Waals surface area contributed by atoms with Gasteiger partial charge in [0.25, 0.3) is 0 Å². The Bertz CT molecular complexity index is 413. The van der Waals surface area contributed by atoms with Crippen LogP contribution in [0.5, 0.6) is 0 Å². The quantitative estimate of drug-likeness (QED) is 0.729. The molecular formula is C17H27BrN2O. The summed E-state index contributed by atoms with van der Waals surface area (Å²) >= 11 is 3.42. The molecule has 0 saturated heterocycles. The lowest BCUT2D eigenvalue weighted by Crippen LogP contribution is -2.26. The highest BCUT2D eigenvalue weighted by atomic mass is 79.9. The van der Waals surface area contributed by atoms with Crippen molar-refractivity contribution in [1.29, 1.82) is 0 Å². The number of benzene rings is 1. The molecule has 1 atom stereocenters. The Morgan fingerprint density at radius 3 is 2.48 bits per heavy atom. The molecule has 0 saturated carbocycles. The van der Waals surface area contributed by atoms with Gasteiger partial charge in [0.05, 0.1) is 0 Å². The lowest BCUT2D eigenvalue weighted by Gasteiger charge is -2.20. The summed E-state index contributed by atoms with van der Waals surface area (Å²) < 4.78 is 1.06. The van der Waals surface area contributed by atoms with Crippen molar-refractivity contribution < 1.29 is 4.79 Å². The number of carbonyl (C=O) groups is 1. The van der Waals surface area contributed by atoms with Crippen LogP contribution in [0.15, 0.2) is 28.7 Å². The van der Waals surface area contributed by atoms with Crippen LogP contribution in [0.4, 0.5) is 0 Å². The molecule has 4 heteroatoms. The molecule has 0 aliphatic carbocycles. The smallest absolute Gasteiger partial charge is 0.222 e. The first-order valence-corrected chi connectivity index (χ1v) is 8.54. The van der Waals surface area contributed by atoms with Crippen LogP contribution < -0.4 is 5.73 Å². The zero-order chi connectivity index (χ0) is 15.7. The molecule has 0 bridgehead atoms. The van der Waals surface area contributed by atoms with Gasteiger partial charge in [-0.15, -0.1) is 0 Å². The maximum absolute atomic E-state index is 12.2. The van der Waals surface area contributed by atoms with Crippen LogP contribution in [0.2, 0.25) is 0 Å². The topological polar surface area (TPSA) is 46.3 Å². The number of halogens is 1. The average Bonchev–Trinajstić information content (AvgIpc) is 2.47. The molecule has 1 rings (SSSR count). The minimum atomic E-state index is 0.219. The van der Waals surface area contributed by atoms with Gasteiger partial charge in [0, 0.05) is 24.5 Å². The van der Waals surface area contributed by atoms with Crippen LogP contribution in [-0.4, -0.2) is 24.4 Å². The summed E-state index contributed by atoms with van der Waals surface area (Å²) in [4.78, 5) is 14.0. The van der Waals surface area contributed by atoms with Gasteiger partial charge in [-0.2, -0.15) is 0 Å². The molecule has 2 N–H and O–H groups in total. The van der Waals surface area contributed by atoms with Crippen LogP contribution in [-0.2, 0) is 11.3 Å². The van der Waals surface area contributed by atoms with Gasteiger partial charge in [-0.1, -0.05) is 47.8 Å². The van der Waals surface area contributed by atoms with Crippen molar-refractivity contribution in [1.82, 2.24) is 4.90 Å². The summed E-state index contributed by atoms with van der Waals surface area (Å²) in [5, 5.41) is 0. The van der Waals surface area contributed by atoms with E-state index in [1.54, 1.807) is 0 Å². The maximum atomic E-state index is 12.2. The molecule has 1 aromatic carbocycles. The molecule has 0 fully saturated rings. The van der Waals surface area contributed by atoms with E-state index in [1.165, 1.54) is 6.42 Å². The first-order valence-electron chi connectivity index (χ1n) is 7.75. The van der Waals surface area contributed by atoms with Crippen molar-refractivity contribution in [3.05, 3.63) is 34.3 Å². The van der Waals surface area contributed by atoms with E-state index in [4.69, 9.17) is 5.73 Å². The lowest BCUT2D eigenvalue weighted by molar-refractivity contribution is -0.130. The fourth-order valence-corrected chi connectivity index (χ4v) is 2.81. The van der Waals surface area contributed by atoms with Gasteiger partial charge in [0.1, 0.15) is 0 Å². The molecule has 0 spiro atoms. The number of carbonyl (C=O) groups excluding carboxylic acids is 1. The SMILES string of the molecule is CCCC(CCN)CCC(=O)N(C)Cc1ccc(Br)cc1. The van der Waals surface area contributed by atoms with E-state index in [-0.39, 0.29) is 5.91 Å². The second-order valence-electron chi connectivity index (χ2n) is 5.65. The summed E-state index contributed by atoms with van der Waals surface area (Å²) in [7, 11) is 1.88. The summed E-state index contributed by atoms with van der Waals surface area (Å²) in [5.74, 6) is 0.807. The molecule has 21 heavy (non-hydrogen) atoms. The molecule has 0 heterocycles. The fraction of sp³-hybridized carbons (Fsp3) is 0.588. The zero-order valence-electron chi connectivity index (χ0n) is 13.1. The standard InChI is InChI=1S/C17H27BrN2O/c1-3-4-14(11-12-19)7-10-17(21)20(2)13-15-5-8-16(18)9-6-15/h5-6,8-9,14H,3-4,7,10-13,19H2,1-2H3. The number of hydrogen-bond acceptors (Lipinski definition) is 2. The van der Waals surface area contributed by atoms with E-state index >= 15 is 0 Å². The van der Waals surface area contributed by atoms with Crippen molar-refractivity contribution in [2.24, 2.45) is 11.7 Å². The molecule has 0 aromatic heterocycles. The number of nitrogens with two attached hydrogens (primary N) is 1. The highest BCUT2D eigenvalue weighted by Crippen LogP contribution is 2.18. The number of rotatable bonds is 9. The normalized spacial score (nSPS) is 12.2. The summed E-state index contributed by atoms with van der Waals surface area (Å²) in [6.07, 6.45) is 4.93. The predicted octanol–water partition coefficient (Wildman–Crippen LogP) is 3.95. The van der Waals surface area contributed by atoms with Crippen LogP contribution in [0, 0.1) is 5.92 Å². The highest BCUT2D eigenvalue weighted by Gasteiger charge is 2.13. The maximum Gasteiger partial charge on any atom is 0.222 e. The number of nitrogens with zero attached hydrogens (tertiary/aromatic N) is 1. The Hall–Kier alpha value is -0.870. The fourth-order valence-electron chi connectivity index (χ4n) is 2.55. The summed E-state index contributed by atoms with van der Waals surface area (Å²) in [5.41, 5.74) is 6.79. The Morgan fingerprint density at radius 2 is 1.90 bits per heavy atom. The third-order valence-electron chi connectivity index (χ3n) is 3.80. The number of hydrogen-bond donors (Lipinski definition) is 1. The molecule has 1 aromatic rings. The van der Waals surface area contributed by atoms with Crippen LogP contribution in [0.3, 0.4) is 0 Å². The van der Waals surface area contributed by atoms with E-state index in [1.807, 2.05) is 36.2 Å². The van der Waals surface area contributed by atoms with E-state index in [2.05, 4.69) is 22.9 Å². The van der Waals surface area contributed by atoms with Gasteiger partial charge in [0.2, 0.25) is 5.91 Å². The molecule has 0 aliphatic heterocycles.